The molecule has 2 fully saturated rings. The third-order valence-electron chi connectivity index (χ3n) is 6.47. The van der Waals surface area contributed by atoms with Gasteiger partial charge in [0.25, 0.3) is 11.8 Å². The van der Waals surface area contributed by atoms with Crippen LogP contribution in [0.15, 0.2) is 18.2 Å². The molecule has 0 radical (unpaired) electrons. The fraction of sp³-hybridized carbons (Fsp3) is 0.583. The van der Waals surface area contributed by atoms with Crippen LogP contribution in [0.1, 0.15) is 80.4 Å². The number of carbonyl (C=O) groups is 4. The van der Waals surface area contributed by atoms with Crippen molar-refractivity contribution >= 4 is 23.7 Å². The first-order valence-electron chi connectivity index (χ1n) is 11.4. The summed E-state index contributed by atoms with van der Waals surface area (Å²) in [4.78, 5) is 53.1. The van der Waals surface area contributed by atoms with Crippen LogP contribution in [0.3, 0.4) is 0 Å². The maximum atomic E-state index is 13.1. The molecule has 1 N–H and O–H groups in total. The number of rotatable bonds is 4. The minimum atomic E-state index is -0.739. The number of imide groups is 1. The van der Waals surface area contributed by atoms with Gasteiger partial charge in [0, 0.05) is 24.6 Å². The topological polar surface area (TPSA) is 96.0 Å². The summed E-state index contributed by atoms with van der Waals surface area (Å²) >= 11 is 0. The molecule has 0 bridgehead atoms. The third-order valence-corrected chi connectivity index (χ3v) is 6.47. The van der Waals surface area contributed by atoms with Gasteiger partial charge in [-0.3, -0.25) is 19.2 Å². The van der Waals surface area contributed by atoms with Crippen molar-refractivity contribution in [2.45, 2.75) is 71.5 Å². The highest BCUT2D eigenvalue weighted by molar-refractivity contribution is 6.05. The zero-order chi connectivity index (χ0) is 23.0. The summed E-state index contributed by atoms with van der Waals surface area (Å²) in [5.41, 5.74) is 1.95. The molecule has 32 heavy (non-hydrogen) atoms. The largest absolute Gasteiger partial charge is 0.443 e. The van der Waals surface area contributed by atoms with Crippen LogP contribution in [0.25, 0.3) is 0 Å². The molecular formula is C24H31N3O5. The van der Waals surface area contributed by atoms with Gasteiger partial charge in [-0.1, -0.05) is 18.6 Å². The lowest BCUT2D eigenvalue weighted by Crippen LogP contribution is -2.55. The second kappa shape index (κ2) is 8.65. The summed E-state index contributed by atoms with van der Waals surface area (Å²) in [6, 6.07) is 5.47. The van der Waals surface area contributed by atoms with E-state index in [-0.39, 0.29) is 24.7 Å². The first kappa shape index (κ1) is 22.5. The Hall–Kier alpha value is -2.74. The lowest BCUT2D eigenvalue weighted by Gasteiger charge is -2.35. The van der Waals surface area contributed by atoms with E-state index in [0.29, 0.717) is 18.2 Å². The molecule has 0 aliphatic carbocycles. The molecule has 1 aromatic rings. The van der Waals surface area contributed by atoms with Crippen molar-refractivity contribution < 1.29 is 23.9 Å². The number of fused-ring (bicyclic) bond motifs is 1. The lowest BCUT2D eigenvalue weighted by molar-refractivity contribution is -0.168. The third kappa shape index (κ3) is 4.28. The Kier molecular flexibility index (Phi) is 6.07. The average molecular weight is 442 g/mol. The number of hydrogen-bond acceptors (Lipinski definition) is 6. The molecule has 3 aliphatic rings. The summed E-state index contributed by atoms with van der Waals surface area (Å²) in [6.45, 7) is 6.03. The maximum absolute atomic E-state index is 13.1. The molecule has 172 valence electrons. The van der Waals surface area contributed by atoms with E-state index in [0.717, 1.165) is 23.4 Å². The van der Waals surface area contributed by atoms with Gasteiger partial charge in [0.2, 0.25) is 5.91 Å². The van der Waals surface area contributed by atoms with Gasteiger partial charge in [-0.15, -0.1) is 0 Å². The average Bonchev–Trinajstić information content (AvgIpc) is 3.09. The number of nitrogens with zero attached hydrogens (tertiary/aromatic N) is 2. The molecule has 3 amide bonds. The van der Waals surface area contributed by atoms with Gasteiger partial charge in [0.1, 0.15) is 6.04 Å². The molecule has 3 heterocycles. The van der Waals surface area contributed by atoms with E-state index in [4.69, 9.17) is 4.74 Å². The molecule has 2 unspecified atom stereocenters. The zero-order valence-electron chi connectivity index (χ0n) is 19.0. The Morgan fingerprint density at radius 1 is 1.16 bits per heavy atom. The van der Waals surface area contributed by atoms with E-state index in [1.165, 1.54) is 18.4 Å². The summed E-state index contributed by atoms with van der Waals surface area (Å²) in [5.74, 6) is -1.56. The molecule has 3 aliphatic heterocycles. The van der Waals surface area contributed by atoms with E-state index in [2.05, 4.69) is 11.4 Å². The van der Waals surface area contributed by atoms with E-state index < -0.39 is 30.1 Å². The SMILES string of the molecule is CC(C)(C)C(=O)OCN1C(=O)CCC(N2Cc3cc(C4CCCCN4)ccc3C2=O)C1=O. The fourth-order valence-electron chi connectivity index (χ4n) is 4.55. The molecular weight excluding hydrogens is 410 g/mol. The van der Waals surface area contributed by atoms with Crippen LogP contribution in [0.4, 0.5) is 0 Å². The Morgan fingerprint density at radius 2 is 1.94 bits per heavy atom. The Labute approximate surface area is 188 Å². The smallest absolute Gasteiger partial charge is 0.312 e. The highest BCUT2D eigenvalue weighted by atomic mass is 16.5. The van der Waals surface area contributed by atoms with Crippen LogP contribution in [0.2, 0.25) is 0 Å². The summed E-state index contributed by atoms with van der Waals surface area (Å²) in [7, 11) is 0. The number of benzene rings is 1. The van der Waals surface area contributed by atoms with Crippen LogP contribution in [-0.4, -0.2) is 52.8 Å². The van der Waals surface area contributed by atoms with Gasteiger partial charge < -0.3 is 15.0 Å². The van der Waals surface area contributed by atoms with Crippen molar-refractivity contribution in [3.63, 3.8) is 0 Å². The number of carbonyl (C=O) groups excluding carboxylic acids is 4. The van der Waals surface area contributed by atoms with Crippen molar-refractivity contribution in [3.05, 3.63) is 34.9 Å². The second-order valence-corrected chi connectivity index (χ2v) is 9.88. The van der Waals surface area contributed by atoms with Gasteiger partial charge >= 0.3 is 5.97 Å². The van der Waals surface area contributed by atoms with Crippen molar-refractivity contribution in [2.75, 3.05) is 13.3 Å². The number of esters is 1. The standard InChI is InChI=1S/C24H31N3O5/c1-24(2,3)23(31)32-14-27-20(28)10-9-19(22(27)30)26-13-16-12-15(7-8-17(16)21(26)29)18-6-4-5-11-25-18/h7-8,12,18-19,25H,4-6,9-11,13-14H2,1-3H3. The van der Waals surface area contributed by atoms with Crippen LogP contribution in [0, 0.1) is 5.41 Å². The molecule has 8 nitrogen and oxygen atoms in total. The molecule has 4 rings (SSSR count). The molecule has 0 saturated carbocycles. The van der Waals surface area contributed by atoms with Crippen molar-refractivity contribution in [1.29, 1.82) is 0 Å². The second-order valence-electron chi connectivity index (χ2n) is 9.88. The van der Waals surface area contributed by atoms with E-state index in [1.54, 1.807) is 25.7 Å². The highest BCUT2D eigenvalue weighted by Crippen LogP contribution is 2.32. The molecule has 1 aromatic carbocycles. The predicted octanol–water partition coefficient (Wildman–Crippen LogP) is 2.52. The van der Waals surface area contributed by atoms with Crippen LogP contribution in [-0.2, 0) is 25.7 Å². The number of amides is 3. The fourth-order valence-corrected chi connectivity index (χ4v) is 4.55. The number of piperidine rings is 2. The van der Waals surface area contributed by atoms with Crippen molar-refractivity contribution in [3.8, 4) is 0 Å². The Balaban J connectivity index is 1.47. The maximum Gasteiger partial charge on any atom is 0.312 e. The number of hydrogen-bond donors (Lipinski definition) is 1. The number of likely N-dealkylation sites (tertiary alicyclic amines) is 1. The summed E-state index contributed by atoms with van der Waals surface area (Å²) < 4.78 is 5.20. The molecule has 2 atom stereocenters. The van der Waals surface area contributed by atoms with Gasteiger partial charge in [0.15, 0.2) is 6.73 Å². The van der Waals surface area contributed by atoms with Gasteiger partial charge in [-0.2, -0.15) is 0 Å². The highest BCUT2D eigenvalue weighted by Gasteiger charge is 2.43. The first-order valence-corrected chi connectivity index (χ1v) is 11.4. The lowest BCUT2D eigenvalue weighted by atomic mass is 9.95. The van der Waals surface area contributed by atoms with Crippen molar-refractivity contribution in [2.24, 2.45) is 5.41 Å². The monoisotopic (exact) mass is 441 g/mol. The molecule has 8 heteroatoms. The Morgan fingerprint density at radius 3 is 2.62 bits per heavy atom. The van der Waals surface area contributed by atoms with Crippen LogP contribution in [0.5, 0.6) is 0 Å². The normalized spacial score (nSPS) is 24.0. The molecule has 0 spiro atoms. The van der Waals surface area contributed by atoms with Crippen molar-refractivity contribution in [1.82, 2.24) is 15.1 Å². The van der Waals surface area contributed by atoms with E-state index in [9.17, 15) is 19.2 Å². The summed E-state index contributed by atoms with van der Waals surface area (Å²) in [5, 5.41) is 3.53. The van der Waals surface area contributed by atoms with E-state index in [1.807, 2.05) is 12.1 Å². The number of ether oxygens (including phenoxy) is 1. The van der Waals surface area contributed by atoms with Gasteiger partial charge in [-0.05, 0) is 63.8 Å². The van der Waals surface area contributed by atoms with Gasteiger partial charge in [-0.25, -0.2) is 4.90 Å². The van der Waals surface area contributed by atoms with Gasteiger partial charge in [0.05, 0.1) is 5.41 Å². The minimum Gasteiger partial charge on any atom is -0.443 e. The van der Waals surface area contributed by atoms with E-state index >= 15 is 0 Å². The van der Waals surface area contributed by atoms with Crippen LogP contribution < -0.4 is 5.32 Å². The Bertz CT molecular complexity index is 945. The molecule has 0 aromatic heterocycles. The quantitative estimate of drug-likeness (QED) is 0.570. The minimum absolute atomic E-state index is 0.126. The number of nitrogens with one attached hydrogen (secondary N) is 1. The molecule has 2 saturated heterocycles. The van der Waals surface area contributed by atoms with Crippen LogP contribution >= 0.6 is 0 Å². The summed E-state index contributed by atoms with van der Waals surface area (Å²) in [6.07, 6.45) is 3.83. The predicted molar refractivity (Wildman–Crippen MR) is 116 cm³/mol. The first-order chi connectivity index (χ1) is 15.2. The zero-order valence-corrected chi connectivity index (χ0v) is 19.0.